The summed E-state index contributed by atoms with van der Waals surface area (Å²) < 4.78 is 27.4. The van der Waals surface area contributed by atoms with Crippen molar-refractivity contribution in [1.82, 2.24) is 19.4 Å². The molecule has 0 saturated carbocycles. The molecule has 1 fully saturated rings. The molecule has 0 bridgehead atoms. The second-order valence-electron chi connectivity index (χ2n) is 8.09. The monoisotopic (exact) mass is 438 g/mol. The van der Waals surface area contributed by atoms with Gasteiger partial charge in [0.05, 0.1) is 17.6 Å². The number of piperidine rings is 1. The summed E-state index contributed by atoms with van der Waals surface area (Å²) in [4.78, 5) is 11.1. The molecule has 4 rings (SSSR count). The van der Waals surface area contributed by atoms with E-state index >= 15 is 0 Å². The average Bonchev–Trinajstić information content (AvgIpc) is 3.22. The number of pyridine rings is 1. The van der Waals surface area contributed by atoms with E-state index in [1.54, 1.807) is 19.3 Å². The van der Waals surface area contributed by atoms with Gasteiger partial charge in [0, 0.05) is 31.5 Å². The summed E-state index contributed by atoms with van der Waals surface area (Å²) in [5, 5.41) is 0.191. The Morgan fingerprint density at radius 1 is 1.06 bits per heavy atom. The number of aromatic nitrogens is 3. The minimum atomic E-state index is -3.40. The normalized spacial score (nSPS) is 17.6. The third-order valence-electron chi connectivity index (χ3n) is 6.07. The Hall–Kier alpha value is -2.51. The predicted octanol–water partition coefficient (Wildman–Crippen LogP) is 4.04. The van der Waals surface area contributed by atoms with E-state index < -0.39 is 9.84 Å². The largest absolute Gasteiger partial charge is 0.317 e. The summed E-state index contributed by atoms with van der Waals surface area (Å²) in [5.74, 6) is 0.0524. The number of likely N-dealkylation sites (tertiary alicyclic amines) is 1. The first-order chi connectivity index (χ1) is 15.1. The first-order valence-corrected chi connectivity index (χ1v) is 12.7. The van der Waals surface area contributed by atoms with Crippen LogP contribution in [-0.2, 0) is 29.3 Å². The van der Waals surface area contributed by atoms with Gasteiger partial charge in [-0.3, -0.25) is 9.88 Å². The van der Waals surface area contributed by atoms with Gasteiger partial charge in [-0.1, -0.05) is 49.7 Å². The lowest BCUT2D eigenvalue weighted by Gasteiger charge is -2.36. The summed E-state index contributed by atoms with van der Waals surface area (Å²) in [7, 11) is -3.40. The number of aryl methyl sites for hydroxylation is 1. The summed E-state index contributed by atoms with van der Waals surface area (Å²) >= 11 is 0. The van der Waals surface area contributed by atoms with E-state index in [4.69, 9.17) is 0 Å². The minimum Gasteiger partial charge on any atom is -0.317 e. The summed E-state index contributed by atoms with van der Waals surface area (Å²) in [6, 6.07) is 14.6. The van der Waals surface area contributed by atoms with Gasteiger partial charge in [0.2, 0.25) is 15.0 Å². The van der Waals surface area contributed by atoms with Gasteiger partial charge in [-0.2, -0.15) is 0 Å². The number of hydrogen-bond acceptors (Lipinski definition) is 5. The maximum atomic E-state index is 12.7. The highest BCUT2D eigenvalue weighted by atomic mass is 32.2. The number of rotatable bonds is 8. The standard InChI is InChI=1S/C24H30N4O2S/c1-2-31(29,30)24-26-18-22(28(24)16-13-20-9-4-3-5-10-20)19-27-15-7-6-12-23(27)21-11-8-14-25-17-21/h3-5,8-11,14,17-18,23H,2,6-7,12-13,15-16,19H2,1H3/t23-/m1/s1. The Morgan fingerprint density at radius 3 is 2.65 bits per heavy atom. The molecule has 31 heavy (non-hydrogen) atoms. The Labute approximate surface area is 184 Å². The van der Waals surface area contributed by atoms with Crippen molar-refractivity contribution in [2.45, 2.75) is 56.9 Å². The molecule has 3 heterocycles. The molecule has 0 spiro atoms. The van der Waals surface area contributed by atoms with E-state index in [1.165, 1.54) is 17.5 Å². The summed E-state index contributed by atoms with van der Waals surface area (Å²) in [6.45, 7) is 3.94. The molecule has 0 N–H and O–H groups in total. The lowest BCUT2D eigenvalue weighted by molar-refractivity contribution is 0.136. The van der Waals surface area contributed by atoms with Crippen LogP contribution in [-0.4, -0.2) is 40.2 Å². The van der Waals surface area contributed by atoms with Gasteiger partial charge in [0.15, 0.2) is 0 Å². The number of hydrogen-bond donors (Lipinski definition) is 0. The van der Waals surface area contributed by atoms with Gasteiger partial charge in [-0.25, -0.2) is 13.4 Å². The van der Waals surface area contributed by atoms with Gasteiger partial charge >= 0.3 is 0 Å². The van der Waals surface area contributed by atoms with E-state index in [0.717, 1.165) is 31.5 Å². The van der Waals surface area contributed by atoms with Crippen LogP contribution in [0.5, 0.6) is 0 Å². The molecule has 2 aromatic heterocycles. The lowest BCUT2D eigenvalue weighted by atomic mass is 9.96. The smallest absolute Gasteiger partial charge is 0.227 e. The van der Waals surface area contributed by atoms with Crippen molar-refractivity contribution >= 4 is 9.84 Å². The summed E-state index contributed by atoms with van der Waals surface area (Å²) in [5.41, 5.74) is 3.37. The van der Waals surface area contributed by atoms with Crippen molar-refractivity contribution in [1.29, 1.82) is 0 Å². The number of sulfone groups is 1. The molecule has 1 aromatic carbocycles. The molecule has 1 saturated heterocycles. The Bertz CT molecular complexity index is 1080. The van der Waals surface area contributed by atoms with Crippen LogP contribution in [0.2, 0.25) is 0 Å². The van der Waals surface area contributed by atoms with E-state index in [9.17, 15) is 8.42 Å². The molecule has 3 aromatic rings. The quantitative estimate of drug-likeness (QED) is 0.531. The maximum absolute atomic E-state index is 12.7. The van der Waals surface area contributed by atoms with Gasteiger partial charge in [-0.05, 0) is 43.0 Å². The first kappa shape index (κ1) is 21.7. The zero-order valence-electron chi connectivity index (χ0n) is 18.0. The zero-order chi connectivity index (χ0) is 21.7. The minimum absolute atomic E-state index is 0.0524. The van der Waals surface area contributed by atoms with E-state index in [2.05, 4.69) is 33.1 Å². The molecule has 1 aliphatic heterocycles. The fraction of sp³-hybridized carbons (Fsp3) is 0.417. The molecule has 1 atom stereocenters. The highest BCUT2D eigenvalue weighted by molar-refractivity contribution is 7.91. The molecule has 164 valence electrons. The fourth-order valence-electron chi connectivity index (χ4n) is 4.36. The first-order valence-electron chi connectivity index (χ1n) is 11.0. The van der Waals surface area contributed by atoms with Crippen molar-refractivity contribution in [3.63, 3.8) is 0 Å². The van der Waals surface area contributed by atoms with Gasteiger partial charge < -0.3 is 4.57 Å². The SMILES string of the molecule is CCS(=O)(=O)c1ncc(CN2CCCC[C@@H]2c2cccnc2)n1CCc1ccccc1. The number of nitrogens with zero attached hydrogens (tertiary/aromatic N) is 4. The third-order valence-corrected chi connectivity index (χ3v) is 7.72. The number of benzene rings is 1. The molecule has 0 aliphatic carbocycles. The highest BCUT2D eigenvalue weighted by Gasteiger charge is 2.27. The molecule has 1 aliphatic rings. The molecular formula is C24H30N4O2S. The lowest BCUT2D eigenvalue weighted by Crippen LogP contribution is -2.34. The Kier molecular flexibility index (Phi) is 6.83. The van der Waals surface area contributed by atoms with E-state index in [-0.39, 0.29) is 10.9 Å². The fourth-order valence-corrected chi connectivity index (χ4v) is 5.37. The van der Waals surface area contributed by atoms with Gasteiger partial charge in [-0.15, -0.1) is 0 Å². The second kappa shape index (κ2) is 9.75. The number of imidazole rings is 1. The van der Waals surface area contributed by atoms with Crippen molar-refractivity contribution in [3.05, 3.63) is 77.9 Å². The van der Waals surface area contributed by atoms with Crippen LogP contribution < -0.4 is 0 Å². The molecule has 6 nitrogen and oxygen atoms in total. The van der Waals surface area contributed by atoms with E-state index in [1.807, 2.05) is 35.0 Å². The molecular weight excluding hydrogens is 408 g/mol. The van der Waals surface area contributed by atoms with Gasteiger partial charge in [0.1, 0.15) is 0 Å². The van der Waals surface area contributed by atoms with Crippen LogP contribution in [0.15, 0.2) is 66.2 Å². The van der Waals surface area contributed by atoms with Crippen LogP contribution in [0.25, 0.3) is 0 Å². The maximum Gasteiger partial charge on any atom is 0.227 e. The van der Waals surface area contributed by atoms with Crippen LogP contribution >= 0.6 is 0 Å². The Morgan fingerprint density at radius 2 is 1.90 bits per heavy atom. The van der Waals surface area contributed by atoms with Crippen molar-refractivity contribution < 1.29 is 8.42 Å². The van der Waals surface area contributed by atoms with Crippen molar-refractivity contribution in [2.75, 3.05) is 12.3 Å². The van der Waals surface area contributed by atoms with Gasteiger partial charge in [0.25, 0.3) is 0 Å². The second-order valence-corrected chi connectivity index (χ2v) is 10.3. The molecule has 0 unspecified atom stereocenters. The van der Waals surface area contributed by atoms with Crippen LogP contribution in [0.1, 0.15) is 49.0 Å². The average molecular weight is 439 g/mol. The molecule has 0 amide bonds. The Balaban J connectivity index is 1.62. The van der Waals surface area contributed by atoms with Crippen LogP contribution in [0, 0.1) is 0 Å². The predicted molar refractivity (Wildman–Crippen MR) is 121 cm³/mol. The summed E-state index contributed by atoms with van der Waals surface area (Å²) in [6.07, 6.45) is 9.70. The van der Waals surface area contributed by atoms with Crippen molar-refractivity contribution in [3.8, 4) is 0 Å². The highest BCUT2D eigenvalue weighted by Crippen LogP contribution is 2.32. The zero-order valence-corrected chi connectivity index (χ0v) is 18.8. The van der Waals surface area contributed by atoms with Crippen LogP contribution in [0.4, 0.5) is 0 Å². The van der Waals surface area contributed by atoms with Crippen molar-refractivity contribution in [2.24, 2.45) is 0 Å². The molecule has 0 radical (unpaired) electrons. The van der Waals surface area contributed by atoms with E-state index in [0.29, 0.717) is 19.1 Å². The molecule has 7 heteroatoms. The third kappa shape index (κ3) is 5.05. The topological polar surface area (TPSA) is 68.1 Å². The van der Waals surface area contributed by atoms with Crippen LogP contribution in [0.3, 0.4) is 0 Å².